The molecule has 0 aliphatic carbocycles. The van der Waals surface area contributed by atoms with Gasteiger partial charge >= 0.3 is 0 Å². The zero-order valence-electron chi connectivity index (χ0n) is 12.6. The zero-order chi connectivity index (χ0) is 14.2. The minimum absolute atomic E-state index is 0.662. The molecule has 112 valence electrons. The van der Waals surface area contributed by atoms with Gasteiger partial charge in [-0.3, -0.25) is 0 Å². The topological polar surface area (TPSA) is 33.7 Å². The van der Waals surface area contributed by atoms with Crippen LogP contribution in [0.5, 0.6) is 0 Å². The first kappa shape index (κ1) is 15.3. The van der Waals surface area contributed by atoms with E-state index in [1.807, 2.05) is 0 Å². The first-order valence-corrected chi connectivity index (χ1v) is 7.36. The van der Waals surface area contributed by atoms with Crippen LogP contribution in [0, 0.1) is 5.92 Å². The average molecular weight is 278 g/mol. The molecular weight excluding hydrogens is 252 g/mol. The van der Waals surface area contributed by atoms with E-state index in [4.69, 9.17) is 9.47 Å². The van der Waals surface area contributed by atoms with E-state index in [0.29, 0.717) is 5.92 Å². The lowest BCUT2D eigenvalue weighted by Gasteiger charge is -2.22. The van der Waals surface area contributed by atoms with Crippen LogP contribution in [0.15, 0.2) is 24.3 Å². The quantitative estimate of drug-likeness (QED) is 0.736. The molecule has 1 heterocycles. The molecule has 1 aromatic carbocycles. The van der Waals surface area contributed by atoms with Gasteiger partial charge in [-0.05, 0) is 18.1 Å². The van der Waals surface area contributed by atoms with Gasteiger partial charge in [0.2, 0.25) is 0 Å². The summed E-state index contributed by atoms with van der Waals surface area (Å²) in [7, 11) is 3.52. The third kappa shape index (κ3) is 4.20. The van der Waals surface area contributed by atoms with Gasteiger partial charge in [-0.15, -0.1) is 0 Å². The Balaban J connectivity index is 1.94. The second-order valence-corrected chi connectivity index (χ2v) is 5.35. The molecule has 20 heavy (non-hydrogen) atoms. The SMILES string of the molecule is COCCNCc1ccccc1N1CCC(COC)C1. The van der Waals surface area contributed by atoms with Gasteiger partial charge in [0.25, 0.3) is 0 Å². The molecule has 1 aliphatic heterocycles. The van der Waals surface area contributed by atoms with Gasteiger partial charge in [-0.2, -0.15) is 0 Å². The third-order valence-corrected chi connectivity index (χ3v) is 3.82. The van der Waals surface area contributed by atoms with E-state index in [1.165, 1.54) is 17.7 Å². The van der Waals surface area contributed by atoms with Gasteiger partial charge in [0.1, 0.15) is 0 Å². The largest absolute Gasteiger partial charge is 0.384 e. The maximum Gasteiger partial charge on any atom is 0.0587 e. The average Bonchev–Trinajstić information content (AvgIpc) is 2.93. The molecule has 1 unspecified atom stereocenters. The zero-order valence-corrected chi connectivity index (χ0v) is 12.6. The molecular formula is C16H26N2O2. The molecule has 1 aromatic rings. The predicted octanol–water partition coefficient (Wildman–Crippen LogP) is 1.90. The Hall–Kier alpha value is -1.10. The van der Waals surface area contributed by atoms with E-state index in [9.17, 15) is 0 Å². The van der Waals surface area contributed by atoms with Gasteiger partial charge in [0.15, 0.2) is 0 Å². The highest BCUT2D eigenvalue weighted by Gasteiger charge is 2.23. The Bertz CT molecular complexity index is 398. The minimum atomic E-state index is 0.662. The molecule has 2 rings (SSSR count). The van der Waals surface area contributed by atoms with E-state index >= 15 is 0 Å². The molecule has 4 heteroatoms. The van der Waals surface area contributed by atoms with Crippen molar-refractivity contribution < 1.29 is 9.47 Å². The summed E-state index contributed by atoms with van der Waals surface area (Å²) in [5.74, 6) is 0.662. The summed E-state index contributed by atoms with van der Waals surface area (Å²) >= 11 is 0. The molecule has 0 saturated carbocycles. The van der Waals surface area contributed by atoms with Crippen molar-refractivity contribution >= 4 is 5.69 Å². The summed E-state index contributed by atoms with van der Waals surface area (Å²) in [6, 6.07) is 8.67. The number of benzene rings is 1. The minimum Gasteiger partial charge on any atom is -0.384 e. The summed E-state index contributed by atoms with van der Waals surface area (Å²) in [6.45, 7) is 5.63. The van der Waals surface area contributed by atoms with E-state index in [1.54, 1.807) is 14.2 Å². The first-order chi connectivity index (χ1) is 9.85. The van der Waals surface area contributed by atoms with Crippen molar-refractivity contribution in [3.63, 3.8) is 0 Å². The Morgan fingerprint density at radius 3 is 2.90 bits per heavy atom. The number of para-hydroxylation sites is 1. The molecule has 1 aliphatic rings. The van der Waals surface area contributed by atoms with Crippen LogP contribution in [-0.2, 0) is 16.0 Å². The summed E-state index contributed by atoms with van der Waals surface area (Å²) in [5.41, 5.74) is 2.72. The normalized spacial score (nSPS) is 18.7. The Labute approximate surface area is 122 Å². The lowest BCUT2D eigenvalue weighted by molar-refractivity contribution is 0.161. The number of nitrogens with zero attached hydrogens (tertiary/aromatic N) is 1. The molecule has 0 amide bonds. The highest BCUT2D eigenvalue weighted by molar-refractivity contribution is 5.54. The molecule has 0 spiro atoms. The Morgan fingerprint density at radius 1 is 1.25 bits per heavy atom. The fourth-order valence-corrected chi connectivity index (χ4v) is 2.79. The summed E-state index contributed by atoms with van der Waals surface area (Å²) in [5, 5.41) is 3.43. The number of hydrogen-bond donors (Lipinski definition) is 1. The highest BCUT2D eigenvalue weighted by atomic mass is 16.5. The van der Waals surface area contributed by atoms with Crippen LogP contribution < -0.4 is 10.2 Å². The molecule has 1 fully saturated rings. The van der Waals surface area contributed by atoms with E-state index in [0.717, 1.165) is 39.4 Å². The first-order valence-electron chi connectivity index (χ1n) is 7.36. The van der Waals surface area contributed by atoms with Crippen LogP contribution in [0.25, 0.3) is 0 Å². The predicted molar refractivity (Wildman–Crippen MR) is 82.2 cm³/mol. The smallest absolute Gasteiger partial charge is 0.0587 e. The monoisotopic (exact) mass is 278 g/mol. The van der Waals surface area contributed by atoms with Gasteiger partial charge in [-0.25, -0.2) is 0 Å². The number of nitrogens with one attached hydrogen (secondary N) is 1. The summed E-state index contributed by atoms with van der Waals surface area (Å²) < 4.78 is 10.3. The van der Waals surface area contributed by atoms with Crippen LogP contribution in [0.1, 0.15) is 12.0 Å². The number of methoxy groups -OCH3 is 2. The van der Waals surface area contributed by atoms with Crippen molar-refractivity contribution in [2.75, 3.05) is 52.0 Å². The van der Waals surface area contributed by atoms with Crippen LogP contribution in [-0.4, -0.2) is 47.1 Å². The second kappa shape index (κ2) is 8.25. The number of anilines is 1. The molecule has 1 saturated heterocycles. The molecule has 1 atom stereocenters. The maximum atomic E-state index is 5.28. The molecule has 0 bridgehead atoms. The molecule has 0 aromatic heterocycles. The maximum absolute atomic E-state index is 5.28. The summed E-state index contributed by atoms with van der Waals surface area (Å²) in [4.78, 5) is 2.48. The Kier molecular flexibility index (Phi) is 6.30. The van der Waals surface area contributed by atoms with Gasteiger partial charge in [0.05, 0.1) is 13.2 Å². The molecule has 1 N–H and O–H groups in total. The van der Waals surface area contributed by atoms with E-state index < -0.39 is 0 Å². The third-order valence-electron chi connectivity index (χ3n) is 3.82. The highest BCUT2D eigenvalue weighted by Crippen LogP contribution is 2.27. The van der Waals surface area contributed by atoms with Crippen molar-refractivity contribution in [3.05, 3.63) is 29.8 Å². The lowest BCUT2D eigenvalue weighted by atomic mass is 10.1. The van der Waals surface area contributed by atoms with Crippen LogP contribution in [0.3, 0.4) is 0 Å². The van der Waals surface area contributed by atoms with Crippen LogP contribution >= 0.6 is 0 Å². The number of rotatable bonds is 8. The standard InChI is InChI=1S/C16H26N2O2/c1-19-10-8-17-11-15-5-3-4-6-16(15)18-9-7-14(12-18)13-20-2/h3-6,14,17H,7-13H2,1-2H3. The van der Waals surface area contributed by atoms with Crippen molar-refractivity contribution in [2.45, 2.75) is 13.0 Å². The van der Waals surface area contributed by atoms with Crippen LogP contribution in [0.2, 0.25) is 0 Å². The van der Waals surface area contributed by atoms with Crippen LogP contribution in [0.4, 0.5) is 5.69 Å². The van der Waals surface area contributed by atoms with Gasteiger partial charge in [0, 0.05) is 52.0 Å². The van der Waals surface area contributed by atoms with Crippen molar-refractivity contribution in [1.29, 1.82) is 0 Å². The lowest BCUT2D eigenvalue weighted by Crippen LogP contribution is -2.24. The fraction of sp³-hybridized carbons (Fsp3) is 0.625. The van der Waals surface area contributed by atoms with Crippen molar-refractivity contribution in [1.82, 2.24) is 5.32 Å². The Morgan fingerprint density at radius 2 is 2.10 bits per heavy atom. The van der Waals surface area contributed by atoms with E-state index in [2.05, 4.69) is 34.5 Å². The number of ether oxygens (including phenoxy) is 2. The van der Waals surface area contributed by atoms with Crippen molar-refractivity contribution in [2.24, 2.45) is 5.92 Å². The fourth-order valence-electron chi connectivity index (χ4n) is 2.79. The summed E-state index contributed by atoms with van der Waals surface area (Å²) in [6.07, 6.45) is 1.22. The van der Waals surface area contributed by atoms with Gasteiger partial charge in [-0.1, -0.05) is 18.2 Å². The van der Waals surface area contributed by atoms with E-state index in [-0.39, 0.29) is 0 Å². The van der Waals surface area contributed by atoms with Gasteiger partial charge < -0.3 is 19.7 Å². The van der Waals surface area contributed by atoms with Crippen molar-refractivity contribution in [3.8, 4) is 0 Å². The molecule has 4 nitrogen and oxygen atoms in total. The molecule has 0 radical (unpaired) electrons. The second-order valence-electron chi connectivity index (χ2n) is 5.35. The number of hydrogen-bond acceptors (Lipinski definition) is 4.